The van der Waals surface area contributed by atoms with E-state index in [1.165, 1.54) is 6.33 Å². The second kappa shape index (κ2) is 7.57. The number of carbonyl (C=O) groups excluding carboxylic acids is 1. The SMILES string of the molecule is CSc1nc(C)cc(N2CCC(NC(=O)c3ccncn3)CC2)n1. The van der Waals surface area contributed by atoms with Gasteiger partial charge in [-0.1, -0.05) is 11.8 Å². The van der Waals surface area contributed by atoms with Crippen molar-refractivity contribution in [2.45, 2.75) is 31.0 Å². The number of hydrogen-bond acceptors (Lipinski definition) is 7. The Morgan fingerprint density at radius 1 is 1.33 bits per heavy atom. The van der Waals surface area contributed by atoms with Crippen LogP contribution in [0.4, 0.5) is 5.82 Å². The van der Waals surface area contributed by atoms with E-state index in [1.54, 1.807) is 24.0 Å². The molecule has 0 unspecified atom stereocenters. The summed E-state index contributed by atoms with van der Waals surface area (Å²) < 4.78 is 0. The van der Waals surface area contributed by atoms with Gasteiger partial charge in [0.25, 0.3) is 5.91 Å². The molecule has 0 radical (unpaired) electrons. The highest BCUT2D eigenvalue weighted by Crippen LogP contribution is 2.21. The number of hydrogen-bond donors (Lipinski definition) is 1. The molecule has 0 bridgehead atoms. The van der Waals surface area contributed by atoms with Crippen molar-refractivity contribution in [1.82, 2.24) is 25.3 Å². The Morgan fingerprint density at radius 2 is 2.12 bits per heavy atom. The van der Waals surface area contributed by atoms with Crippen molar-refractivity contribution in [3.63, 3.8) is 0 Å². The molecule has 2 aromatic rings. The third-order valence-electron chi connectivity index (χ3n) is 3.97. The third-order valence-corrected chi connectivity index (χ3v) is 4.52. The lowest BCUT2D eigenvalue weighted by atomic mass is 10.0. The first-order valence-corrected chi connectivity index (χ1v) is 9.09. The topological polar surface area (TPSA) is 83.9 Å². The van der Waals surface area contributed by atoms with Crippen molar-refractivity contribution < 1.29 is 4.79 Å². The van der Waals surface area contributed by atoms with Crippen LogP contribution < -0.4 is 10.2 Å². The lowest BCUT2D eigenvalue weighted by molar-refractivity contribution is 0.0926. The maximum Gasteiger partial charge on any atom is 0.270 e. The van der Waals surface area contributed by atoms with E-state index in [0.717, 1.165) is 42.6 Å². The number of aryl methyl sites for hydroxylation is 1. The Balaban J connectivity index is 1.58. The molecule has 1 aliphatic rings. The lowest BCUT2D eigenvalue weighted by Crippen LogP contribution is -2.45. The molecule has 3 heterocycles. The average Bonchev–Trinajstić information content (AvgIpc) is 2.62. The average molecular weight is 344 g/mol. The molecule has 3 rings (SSSR count). The summed E-state index contributed by atoms with van der Waals surface area (Å²) in [6.07, 6.45) is 6.71. The number of piperidine rings is 1. The predicted octanol–water partition coefficient (Wildman–Crippen LogP) is 1.70. The van der Waals surface area contributed by atoms with Crippen LogP contribution in [0.25, 0.3) is 0 Å². The summed E-state index contributed by atoms with van der Waals surface area (Å²) in [5, 5.41) is 3.84. The smallest absolute Gasteiger partial charge is 0.270 e. The molecule has 0 aliphatic carbocycles. The van der Waals surface area contributed by atoms with Crippen LogP contribution in [0.1, 0.15) is 29.0 Å². The molecule has 24 heavy (non-hydrogen) atoms. The van der Waals surface area contributed by atoms with Gasteiger partial charge in [0.15, 0.2) is 5.16 Å². The molecule has 126 valence electrons. The van der Waals surface area contributed by atoms with Gasteiger partial charge in [-0.25, -0.2) is 19.9 Å². The number of amides is 1. The molecule has 1 fully saturated rings. The van der Waals surface area contributed by atoms with E-state index < -0.39 is 0 Å². The zero-order valence-corrected chi connectivity index (χ0v) is 14.6. The summed E-state index contributed by atoms with van der Waals surface area (Å²) in [7, 11) is 0. The molecule has 0 saturated carbocycles. The largest absolute Gasteiger partial charge is 0.356 e. The fraction of sp³-hybridized carbons (Fsp3) is 0.438. The summed E-state index contributed by atoms with van der Waals surface area (Å²) >= 11 is 1.55. The highest BCUT2D eigenvalue weighted by Gasteiger charge is 2.22. The standard InChI is InChI=1S/C16H20N6OS/c1-11-9-14(21-16(19-11)24-2)22-7-4-12(5-8-22)20-15(23)13-3-6-17-10-18-13/h3,6,9-10,12H,4-5,7-8H2,1-2H3,(H,20,23). The number of anilines is 1. The minimum Gasteiger partial charge on any atom is -0.356 e. The number of nitrogens with zero attached hydrogens (tertiary/aromatic N) is 5. The second-order valence-corrected chi connectivity index (χ2v) is 6.46. The van der Waals surface area contributed by atoms with Crippen molar-refractivity contribution in [1.29, 1.82) is 0 Å². The van der Waals surface area contributed by atoms with Gasteiger partial charge >= 0.3 is 0 Å². The first-order valence-electron chi connectivity index (χ1n) is 7.87. The van der Waals surface area contributed by atoms with E-state index in [4.69, 9.17) is 0 Å². The van der Waals surface area contributed by atoms with Crippen molar-refractivity contribution in [2.24, 2.45) is 0 Å². The number of rotatable bonds is 4. The Kier molecular flexibility index (Phi) is 5.24. The normalized spacial score (nSPS) is 15.3. The van der Waals surface area contributed by atoms with Crippen LogP contribution >= 0.6 is 11.8 Å². The minimum atomic E-state index is -0.140. The fourth-order valence-corrected chi connectivity index (χ4v) is 3.14. The maximum atomic E-state index is 12.2. The number of thioether (sulfide) groups is 1. The quantitative estimate of drug-likeness (QED) is 0.667. The van der Waals surface area contributed by atoms with Crippen molar-refractivity contribution in [3.05, 3.63) is 36.0 Å². The van der Waals surface area contributed by atoms with Crippen LogP contribution in [-0.4, -0.2) is 51.2 Å². The van der Waals surface area contributed by atoms with Gasteiger partial charge in [-0.15, -0.1) is 0 Å². The molecular formula is C16H20N6OS. The third kappa shape index (κ3) is 4.00. The Labute approximate surface area is 145 Å². The first-order chi connectivity index (χ1) is 11.7. The van der Waals surface area contributed by atoms with Crippen molar-refractivity contribution >= 4 is 23.5 Å². The van der Waals surface area contributed by atoms with E-state index >= 15 is 0 Å². The van der Waals surface area contributed by atoms with Gasteiger partial charge in [-0.3, -0.25) is 4.79 Å². The van der Waals surface area contributed by atoms with Crippen LogP contribution in [0.5, 0.6) is 0 Å². The van der Waals surface area contributed by atoms with E-state index in [-0.39, 0.29) is 11.9 Å². The molecule has 8 heteroatoms. The van der Waals surface area contributed by atoms with Crippen molar-refractivity contribution in [2.75, 3.05) is 24.2 Å². The Morgan fingerprint density at radius 3 is 2.79 bits per heavy atom. The van der Waals surface area contributed by atoms with E-state index in [9.17, 15) is 4.79 Å². The molecule has 1 N–H and O–H groups in total. The molecule has 1 aliphatic heterocycles. The molecule has 7 nitrogen and oxygen atoms in total. The zero-order valence-electron chi connectivity index (χ0n) is 13.8. The van der Waals surface area contributed by atoms with Crippen LogP contribution in [-0.2, 0) is 0 Å². The molecular weight excluding hydrogens is 324 g/mol. The van der Waals surface area contributed by atoms with E-state index in [1.807, 2.05) is 19.2 Å². The fourth-order valence-electron chi connectivity index (χ4n) is 2.72. The lowest BCUT2D eigenvalue weighted by Gasteiger charge is -2.33. The summed E-state index contributed by atoms with van der Waals surface area (Å²) in [6.45, 7) is 3.71. The predicted molar refractivity (Wildman–Crippen MR) is 93.3 cm³/mol. The molecule has 0 aromatic carbocycles. The Hall–Kier alpha value is -2.22. The van der Waals surface area contributed by atoms with Gasteiger partial charge in [0.05, 0.1) is 0 Å². The van der Waals surface area contributed by atoms with Gasteiger partial charge in [0.2, 0.25) is 0 Å². The molecule has 1 saturated heterocycles. The number of aromatic nitrogens is 4. The van der Waals surface area contributed by atoms with E-state index in [0.29, 0.717) is 5.69 Å². The van der Waals surface area contributed by atoms with Gasteiger partial charge in [-0.05, 0) is 32.1 Å². The van der Waals surface area contributed by atoms with Gasteiger partial charge in [0, 0.05) is 37.1 Å². The van der Waals surface area contributed by atoms with Gasteiger partial charge in [0.1, 0.15) is 17.8 Å². The molecule has 2 aromatic heterocycles. The minimum absolute atomic E-state index is 0.140. The highest BCUT2D eigenvalue weighted by molar-refractivity contribution is 7.98. The van der Waals surface area contributed by atoms with Crippen molar-refractivity contribution in [3.8, 4) is 0 Å². The summed E-state index contributed by atoms with van der Waals surface area (Å²) in [5.74, 6) is 0.825. The summed E-state index contributed by atoms with van der Waals surface area (Å²) in [6, 6.07) is 3.80. The van der Waals surface area contributed by atoms with Crippen LogP contribution in [0.3, 0.4) is 0 Å². The number of carbonyl (C=O) groups is 1. The molecule has 0 atom stereocenters. The highest BCUT2D eigenvalue weighted by atomic mass is 32.2. The Bertz CT molecular complexity index is 703. The number of nitrogens with one attached hydrogen (secondary N) is 1. The van der Waals surface area contributed by atoms with Crippen LogP contribution in [0.2, 0.25) is 0 Å². The first kappa shape index (κ1) is 16.6. The summed E-state index contributed by atoms with van der Waals surface area (Å²) in [4.78, 5) is 31.2. The zero-order chi connectivity index (χ0) is 16.9. The van der Waals surface area contributed by atoms with Crippen LogP contribution in [0.15, 0.2) is 29.8 Å². The monoisotopic (exact) mass is 344 g/mol. The van der Waals surface area contributed by atoms with Crippen LogP contribution in [0, 0.1) is 6.92 Å². The molecule has 1 amide bonds. The summed E-state index contributed by atoms with van der Waals surface area (Å²) in [5.41, 5.74) is 1.38. The molecule has 0 spiro atoms. The van der Waals surface area contributed by atoms with E-state index in [2.05, 4.69) is 30.2 Å². The van der Waals surface area contributed by atoms with Gasteiger partial charge < -0.3 is 10.2 Å². The second-order valence-electron chi connectivity index (χ2n) is 5.68. The maximum absolute atomic E-state index is 12.2. The van der Waals surface area contributed by atoms with Gasteiger partial charge in [-0.2, -0.15) is 0 Å².